The molecule has 0 aromatic carbocycles. The maximum Gasteiger partial charge on any atom is 0.236 e. The van der Waals surface area contributed by atoms with Crippen molar-refractivity contribution in [2.75, 3.05) is 13.1 Å². The first-order valence-electron chi connectivity index (χ1n) is 6.50. The molecule has 106 valence electrons. The summed E-state index contributed by atoms with van der Waals surface area (Å²) in [5.74, 6) is 0.192. The quantitative estimate of drug-likeness (QED) is 0.895. The Labute approximate surface area is 134 Å². The molecule has 0 unspecified atom stereocenters. The molecule has 2 aromatic rings. The van der Waals surface area contributed by atoms with E-state index in [1.165, 1.54) is 15.3 Å². The molecule has 3 nitrogen and oxygen atoms in total. The van der Waals surface area contributed by atoms with E-state index in [4.69, 9.17) is 0 Å². The summed E-state index contributed by atoms with van der Waals surface area (Å²) >= 11 is 6.94. The molecular formula is C14H15BrN2OS2. The minimum absolute atomic E-state index is 0.192. The largest absolute Gasteiger partial charge is 0.337 e. The van der Waals surface area contributed by atoms with Crippen LogP contribution in [0.3, 0.4) is 0 Å². The van der Waals surface area contributed by atoms with Crippen molar-refractivity contribution < 1.29 is 4.79 Å². The summed E-state index contributed by atoms with van der Waals surface area (Å²) in [6.45, 7) is 2.77. The minimum atomic E-state index is 0.192. The second-order valence-electron chi connectivity index (χ2n) is 4.74. The molecule has 1 N–H and O–H groups in total. The van der Waals surface area contributed by atoms with Crippen molar-refractivity contribution >= 4 is 44.5 Å². The third kappa shape index (κ3) is 3.31. The standard InChI is InChI=1S/C14H15BrN2OS2/c15-13-2-1-11(20-13)7-16-8-14(18)17-5-3-12-10(9-17)4-6-19-12/h1-2,4,6,16H,3,5,7-9H2. The zero-order chi connectivity index (χ0) is 13.9. The predicted octanol–water partition coefficient (Wildman–Crippen LogP) is 3.25. The average molecular weight is 371 g/mol. The van der Waals surface area contributed by atoms with Crippen LogP contribution in [0, 0.1) is 0 Å². The van der Waals surface area contributed by atoms with E-state index in [2.05, 4.69) is 38.8 Å². The molecule has 0 radical (unpaired) electrons. The summed E-state index contributed by atoms with van der Waals surface area (Å²) in [7, 11) is 0. The van der Waals surface area contributed by atoms with Gasteiger partial charge in [-0.05, 0) is 51.5 Å². The highest BCUT2D eigenvalue weighted by Crippen LogP contribution is 2.24. The molecule has 0 saturated carbocycles. The van der Waals surface area contributed by atoms with Crippen molar-refractivity contribution in [1.82, 2.24) is 10.2 Å². The Hall–Kier alpha value is -0.690. The number of rotatable bonds is 4. The lowest BCUT2D eigenvalue weighted by Crippen LogP contribution is -2.40. The third-order valence-electron chi connectivity index (χ3n) is 3.36. The zero-order valence-electron chi connectivity index (χ0n) is 10.9. The summed E-state index contributed by atoms with van der Waals surface area (Å²) < 4.78 is 1.13. The SMILES string of the molecule is O=C(CNCc1ccc(Br)s1)N1CCc2sccc2C1. The van der Waals surface area contributed by atoms with Crippen molar-refractivity contribution in [3.63, 3.8) is 0 Å². The Morgan fingerprint density at radius 1 is 1.40 bits per heavy atom. The maximum absolute atomic E-state index is 12.2. The molecule has 1 aliphatic heterocycles. The molecule has 0 spiro atoms. The molecule has 0 aliphatic carbocycles. The molecule has 0 bridgehead atoms. The first-order chi connectivity index (χ1) is 9.72. The second-order valence-corrected chi connectivity index (χ2v) is 8.29. The van der Waals surface area contributed by atoms with Gasteiger partial charge in [-0.1, -0.05) is 0 Å². The minimum Gasteiger partial charge on any atom is -0.337 e. The van der Waals surface area contributed by atoms with Crippen LogP contribution in [0.1, 0.15) is 15.3 Å². The van der Waals surface area contributed by atoms with Gasteiger partial charge in [0.05, 0.1) is 10.3 Å². The predicted molar refractivity (Wildman–Crippen MR) is 87.2 cm³/mol. The highest BCUT2D eigenvalue weighted by molar-refractivity contribution is 9.11. The number of fused-ring (bicyclic) bond motifs is 1. The van der Waals surface area contributed by atoms with E-state index in [9.17, 15) is 4.79 Å². The molecule has 2 aromatic heterocycles. The van der Waals surface area contributed by atoms with Crippen LogP contribution in [0.25, 0.3) is 0 Å². The summed E-state index contributed by atoms with van der Waals surface area (Å²) in [6.07, 6.45) is 0.997. The molecule has 3 rings (SSSR count). The van der Waals surface area contributed by atoms with Crippen LogP contribution in [-0.2, 0) is 24.3 Å². The number of nitrogens with one attached hydrogen (secondary N) is 1. The Balaban J connectivity index is 1.48. The molecule has 1 aliphatic rings. The van der Waals surface area contributed by atoms with Gasteiger partial charge in [0, 0.05) is 29.4 Å². The van der Waals surface area contributed by atoms with Gasteiger partial charge in [0.2, 0.25) is 5.91 Å². The summed E-state index contributed by atoms with van der Waals surface area (Å²) in [4.78, 5) is 16.8. The van der Waals surface area contributed by atoms with Crippen molar-refractivity contribution in [3.8, 4) is 0 Å². The van der Waals surface area contributed by atoms with Crippen LogP contribution in [0.4, 0.5) is 0 Å². The van der Waals surface area contributed by atoms with E-state index in [0.29, 0.717) is 6.54 Å². The fourth-order valence-electron chi connectivity index (χ4n) is 2.31. The van der Waals surface area contributed by atoms with Gasteiger partial charge in [-0.2, -0.15) is 0 Å². The topological polar surface area (TPSA) is 32.3 Å². The monoisotopic (exact) mass is 370 g/mol. The Morgan fingerprint density at radius 3 is 3.10 bits per heavy atom. The van der Waals surface area contributed by atoms with Crippen molar-refractivity contribution in [2.24, 2.45) is 0 Å². The number of hydrogen-bond donors (Lipinski definition) is 1. The lowest BCUT2D eigenvalue weighted by Gasteiger charge is -2.27. The zero-order valence-corrected chi connectivity index (χ0v) is 14.1. The van der Waals surface area contributed by atoms with Gasteiger partial charge in [-0.15, -0.1) is 22.7 Å². The van der Waals surface area contributed by atoms with Crippen LogP contribution < -0.4 is 5.32 Å². The van der Waals surface area contributed by atoms with Crippen LogP contribution in [0.5, 0.6) is 0 Å². The van der Waals surface area contributed by atoms with Crippen LogP contribution in [-0.4, -0.2) is 23.9 Å². The average Bonchev–Trinajstić information content (AvgIpc) is 3.06. The van der Waals surface area contributed by atoms with Crippen LogP contribution in [0.15, 0.2) is 27.4 Å². The number of nitrogens with zero attached hydrogens (tertiary/aromatic N) is 1. The molecule has 0 atom stereocenters. The molecular weight excluding hydrogens is 356 g/mol. The van der Waals surface area contributed by atoms with Crippen molar-refractivity contribution in [2.45, 2.75) is 19.5 Å². The van der Waals surface area contributed by atoms with Gasteiger partial charge in [0.1, 0.15) is 0 Å². The van der Waals surface area contributed by atoms with Gasteiger partial charge >= 0.3 is 0 Å². The molecule has 6 heteroatoms. The smallest absolute Gasteiger partial charge is 0.236 e. The highest BCUT2D eigenvalue weighted by atomic mass is 79.9. The maximum atomic E-state index is 12.2. The molecule has 1 amide bonds. The molecule has 3 heterocycles. The summed E-state index contributed by atoms with van der Waals surface area (Å²) in [6, 6.07) is 6.24. The normalized spacial score (nSPS) is 14.3. The van der Waals surface area contributed by atoms with Crippen LogP contribution in [0.2, 0.25) is 0 Å². The molecule has 20 heavy (non-hydrogen) atoms. The third-order valence-corrected chi connectivity index (χ3v) is 6.01. The number of halogens is 1. The second kappa shape index (κ2) is 6.39. The van der Waals surface area contributed by atoms with E-state index in [0.717, 1.165) is 29.8 Å². The van der Waals surface area contributed by atoms with E-state index in [-0.39, 0.29) is 5.91 Å². The number of thiophene rings is 2. The Kier molecular flexibility index (Phi) is 4.55. The lowest BCUT2D eigenvalue weighted by atomic mass is 10.1. The summed E-state index contributed by atoms with van der Waals surface area (Å²) in [5.41, 5.74) is 1.32. The Bertz CT molecular complexity index is 608. The first kappa shape index (κ1) is 14.3. The van der Waals surface area contributed by atoms with E-state index in [1.807, 2.05) is 11.0 Å². The fraction of sp³-hybridized carbons (Fsp3) is 0.357. The van der Waals surface area contributed by atoms with Gasteiger partial charge in [-0.3, -0.25) is 4.79 Å². The van der Waals surface area contributed by atoms with Gasteiger partial charge in [0.15, 0.2) is 0 Å². The van der Waals surface area contributed by atoms with Gasteiger partial charge in [-0.25, -0.2) is 0 Å². The summed E-state index contributed by atoms with van der Waals surface area (Å²) in [5, 5.41) is 5.35. The lowest BCUT2D eigenvalue weighted by molar-refractivity contribution is -0.131. The van der Waals surface area contributed by atoms with E-state index in [1.54, 1.807) is 22.7 Å². The number of carbonyl (C=O) groups excluding carboxylic acids is 1. The van der Waals surface area contributed by atoms with E-state index < -0.39 is 0 Å². The number of carbonyl (C=O) groups is 1. The van der Waals surface area contributed by atoms with Crippen LogP contribution >= 0.6 is 38.6 Å². The first-order valence-corrected chi connectivity index (χ1v) is 8.99. The van der Waals surface area contributed by atoms with Gasteiger partial charge in [0.25, 0.3) is 0 Å². The molecule has 0 fully saturated rings. The van der Waals surface area contributed by atoms with E-state index >= 15 is 0 Å². The number of hydrogen-bond acceptors (Lipinski definition) is 4. The number of amides is 1. The molecule has 0 saturated heterocycles. The van der Waals surface area contributed by atoms with Crippen molar-refractivity contribution in [1.29, 1.82) is 0 Å². The fourth-order valence-corrected chi connectivity index (χ4v) is 4.65. The Morgan fingerprint density at radius 2 is 2.30 bits per heavy atom. The van der Waals surface area contributed by atoms with Crippen molar-refractivity contribution in [3.05, 3.63) is 42.7 Å². The highest BCUT2D eigenvalue weighted by Gasteiger charge is 2.20. The van der Waals surface area contributed by atoms with Gasteiger partial charge < -0.3 is 10.2 Å².